The Hall–Kier alpha value is -0.385. The van der Waals surface area contributed by atoms with Crippen molar-refractivity contribution in [1.29, 1.82) is 0 Å². The van der Waals surface area contributed by atoms with E-state index in [1.807, 2.05) is 27.7 Å². The monoisotopic (exact) mass is 329 g/mol. The lowest BCUT2D eigenvalue weighted by atomic mass is 9.95. The molecule has 0 aliphatic rings. The lowest BCUT2D eigenvalue weighted by Gasteiger charge is -2.21. The van der Waals surface area contributed by atoms with E-state index in [9.17, 15) is 13.2 Å². The molecule has 0 saturated carbocycles. The minimum absolute atomic E-state index is 0.139. The van der Waals surface area contributed by atoms with Crippen LogP contribution in [0.5, 0.6) is 0 Å². The van der Waals surface area contributed by atoms with E-state index < -0.39 is 17.3 Å². The zero-order valence-corrected chi connectivity index (χ0v) is 12.6. The van der Waals surface area contributed by atoms with Crippen molar-refractivity contribution in [2.45, 2.75) is 39.5 Å². The molecule has 20 heavy (non-hydrogen) atoms. The van der Waals surface area contributed by atoms with Gasteiger partial charge in [-0.05, 0) is 39.7 Å². The highest BCUT2D eigenvalue weighted by atomic mass is 35.5. The molecule has 0 aromatic heterocycles. The minimum Gasteiger partial charge on any atom is -0.390 e. The second-order valence-electron chi connectivity index (χ2n) is 4.87. The standard InChI is InChI=1S/C7H5BCl2F3.C6H14O/c8-6-4(9)1-3(2-5(6)10)7(11,12)13;1-5(2)6(3,4)7/h1-2H,8H3;5,7H,1-4H3/q-1;. The summed E-state index contributed by atoms with van der Waals surface area (Å²) in [5, 5.41) is 9.37. The molecule has 7 heteroatoms. The van der Waals surface area contributed by atoms with E-state index in [-0.39, 0.29) is 17.9 Å². The third-order valence-corrected chi connectivity index (χ3v) is 2.95. The van der Waals surface area contributed by atoms with Crippen LogP contribution in [0.25, 0.3) is 0 Å². The van der Waals surface area contributed by atoms with E-state index in [1.165, 1.54) is 0 Å². The summed E-state index contributed by atoms with van der Waals surface area (Å²) < 4.78 is 36.5. The third kappa shape index (κ3) is 6.38. The topological polar surface area (TPSA) is 20.2 Å². The molecule has 0 atom stereocenters. The molecule has 0 saturated heterocycles. The van der Waals surface area contributed by atoms with Crippen LogP contribution in [0.3, 0.4) is 0 Å². The molecule has 1 aromatic rings. The van der Waals surface area contributed by atoms with Gasteiger partial charge in [-0.3, -0.25) is 0 Å². The summed E-state index contributed by atoms with van der Waals surface area (Å²) in [5.74, 6) is 0.354. The first-order valence-electron chi connectivity index (χ1n) is 5.52. The number of hydrogen-bond donors (Lipinski definition) is 1. The van der Waals surface area contributed by atoms with E-state index in [0.717, 1.165) is 12.1 Å². The molecule has 0 aliphatic carbocycles. The highest BCUT2D eigenvalue weighted by molar-refractivity contribution is 6.51. The van der Waals surface area contributed by atoms with Crippen molar-refractivity contribution in [3.05, 3.63) is 27.7 Å². The van der Waals surface area contributed by atoms with Crippen molar-refractivity contribution in [1.82, 2.24) is 0 Å². The summed E-state index contributed by atoms with van der Waals surface area (Å²) in [7, 11) is -0.291. The molecule has 0 unspecified atom stereocenters. The number of aliphatic hydroxyl groups is 1. The van der Waals surface area contributed by atoms with Crippen LogP contribution in [0.2, 0.25) is 10.0 Å². The molecule has 1 aromatic carbocycles. The smallest absolute Gasteiger partial charge is 0.390 e. The maximum absolute atomic E-state index is 12.2. The highest BCUT2D eigenvalue weighted by Gasteiger charge is 2.31. The first-order chi connectivity index (χ1) is 8.76. The Morgan fingerprint density at radius 1 is 1.10 bits per heavy atom. The van der Waals surface area contributed by atoms with Gasteiger partial charge in [-0.25, -0.2) is 0 Å². The van der Waals surface area contributed by atoms with Crippen molar-refractivity contribution in [3.63, 3.8) is 0 Å². The van der Waals surface area contributed by atoms with E-state index in [4.69, 9.17) is 28.3 Å². The first-order valence-corrected chi connectivity index (χ1v) is 6.27. The summed E-state index contributed by atoms with van der Waals surface area (Å²) in [5.41, 5.74) is -0.581. The SMILES string of the molecule is CC(C)C(C)(C)O.[BH3-]c1c(Cl)cc(C(F)(F)F)cc1Cl. The van der Waals surface area contributed by atoms with Gasteiger partial charge in [0.05, 0.1) is 11.2 Å². The van der Waals surface area contributed by atoms with Crippen LogP contribution in [-0.4, -0.2) is 18.6 Å². The van der Waals surface area contributed by atoms with Crippen LogP contribution in [0.15, 0.2) is 12.1 Å². The Bertz CT molecular complexity index is 431. The second-order valence-corrected chi connectivity index (χ2v) is 5.69. The van der Waals surface area contributed by atoms with Crippen LogP contribution in [0, 0.1) is 5.92 Å². The van der Waals surface area contributed by atoms with Crippen molar-refractivity contribution >= 4 is 36.5 Å². The number of benzene rings is 1. The van der Waals surface area contributed by atoms with Crippen LogP contribution in [0.4, 0.5) is 13.2 Å². The normalized spacial score (nSPS) is 12.2. The maximum Gasteiger partial charge on any atom is 0.416 e. The summed E-state index contributed by atoms with van der Waals surface area (Å²) >= 11 is 11.2. The molecular formula is C13H19BCl2F3O-. The Balaban J connectivity index is 0.000000441. The fourth-order valence-electron chi connectivity index (χ4n) is 0.665. The molecule has 0 amide bonds. The molecule has 1 rings (SSSR count). The molecule has 0 fully saturated rings. The quantitative estimate of drug-likeness (QED) is 0.783. The zero-order chi connectivity index (χ0) is 16.3. The maximum atomic E-state index is 12.2. The molecule has 0 bridgehead atoms. The average molecular weight is 330 g/mol. The van der Waals surface area contributed by atoms with Gasteiger partial charge < -0.3 is 5.11 Å². The molecule has 1 N–H and O–H groups in total. The van der Waals surface area contributed by atoms with Crippen molar-refractivity contribution in [2.24, 2.45) is 5.92 Å². The third-order valence-electron chi connectivity index (χ3n) is 2.54. The van der Waals surface area contributed by atoms with Crippen LogP contribution >= 0.6 is 23.2 Å². The van der Waals surface area contributed by atoms with E-state index in [2.05, 4.69) is 0 Å². The van der Waals surface area contributed by atoms with Crippen molar-refractivity contribution in [3.8, 4) is 0 Å². The fraction of sp³-hybridized carbons (Fsp3) is 0.538. The Morgan fingerprint density at radius 2 is 1.40 bits per heavy atom. The zero-order valence-electron chi connectivity index (χ0n) is 11.1. The number of rotatable bonds is 1. The predicted octanol–water partition coefficient (Wildman–Crippen LogP) is 3.42. The minimum atomic E-state index is -4.37. The van der Waals surface area contributed by atoms with E-state index >= 15 is 0 Å². The summed E-state index contributed by atoms with van der Waals surface area (Å²) in [4.78, 5) is 0. The van der Waals surface area contributed by atoms with Gasteiger partial charge in [0.15, 0.2) is 0 Å². The summed E-state index contributed by atoms with van der Waals surface area (Å²) in [6.07, 6.45) is -4.37. The molecule has 116 valence electrons. The number of alkyl halides is 3. The predicted molar refractivity (Wildman–Crippen MR) is 82.2 cm³/mol. The van der Waals surface area contributed by atoms with Gasteiger partial charge in [0.2, 0.25) is 0 Å². The summed E-state index contributed by atoms with van der Waals surface area (Å²) in [6, 6.07) is 1.85. The molecule has 0 spiro atoms. The van der Waals surface area contributed by atoms with Crippen molar-refractivity contribution in [2.75, 3.05) is 0 Å². The van der Waals surface area contributed by atoms with Gasteiger partial charge in [-0.15, -0.1) is 0 Å². The fourth-order valence-corrected chi connectivity index (χ4v) is 1.15. The average Bonchev–Trinajstić information content (AvgIpc) is 2.23. The lowest BCUT2D eigenvalue weighted by Crippen LogP contribution is -2.25. The number of halogens is 5. The van der Waals surface area contributed by atoms with Gasteiger partial charge >= 0.3 is 6.18 Å². The molecular weight excluding hydrogens is 311 g/mol. The van der Waals surface area contributed by atoms with Gasteiger partial charge in [0.25, 0.3) is 0 Å². The lowest BCUT2D eigenvalue weighted by molar-refractivity contribution is -0.137. The van der Waals surface area contributed by atoms with E-state index in [1.54, 1.807) is 0 Å². The second kappa shape index (κ2) is 7.05. The van der Waals surface area contributed by atoms with Crippen LogP contribution in [0.1, 0.15) is 33.3 Å². The van der Waals surface area contributed by atoms with Gasteiger partial charge in [0.1, 0.15) is 0 Å². The highest BCUT2D eigenvalue weighted by Crippen LogP contribution is 2.31. The Morgan fingerprint density at radius 3 is 1.60 bits per heavy atom. The molecule has 0 heterocycles. The largest absolute Gasteiger partial charge is 0.416 e. The molecule has 0 aliphatic heterocycles. The van der Waals surface area contributed by atoms with Gasteiger partial charge in [-0.1, -0.05) is 37.0 Å². The van der Waals surface area contributed by atoms with Crippen LogP contribution in [-0.2, 0) is 6.18 Å². The van der Waals surface area contributed by atoms with Gasteiger partial charge in [-0.2, -0.15) is 18.6 Å². The Labute approximate surface area is 128 Å². The first kappa shape index (κ1) is 19.6. The number of hydrogen-bond acceptors (Lipinski definition) is 1. The summed E-state index contributed by atoms with van der Waals surface area (Å²) in [6.45, 7) is 7.63. The van der Waals surface area contributed by atoms with Crippen LogP contribution < -0.4 is 5.46 Å². The van der Waals surface area contributed by atoms with E-state index in [0.29, 0.717) is 11.4 Å². The van der Waals surface area contributed by atoms with Gasteiger partial charge in [0, 0.05) is 10.0 Å². The Kier molecular flexibility index (Phi) is 6.92. The van der Waals surface area contributed by atoms with Crippen molar-refractivity contribution < 1.29 is 18.3 Å². The molecule has 0 radical (unpaired) electrons. The molecule has 1 nitrogen and oxygen atoms in total.